The van der Waals surface area contributed by atoms with E-state index in [1.165, 1.54) is 0 Å². The minimum absolute atomic E-state index is 0.0975. The predicted molar refractivity (Wildman–Crippen MR) is 87.9 cm³/mol. The van der Waals surface area contributed by atoms with Crippen molar-refractivity contribution in [2.24, 2.45) is 5.73 Å². The lowest BCUT2D eigenvalue weighted by Crippen LogP contribution is -2.56. The van der Waals surface area contributed by atoms with Gasteiger partial charge in [0.15, 0.2) is 0 Å². The summed E-state index contributed by atoms with van der Waals surface area (Å²) in [4.78, 5) is 24.2. The topological polar surface area (TPSA) is 93.5 Å². The summed E-state index contributed by atoms with van der Waals surface area (Å²) in [6, 6.07) is 7.25. The molecule has 6 heteroatoms. The van der Waals surface area contributed by atoms with Crippen molar-refractivity contribution in [2.75, 3.05) is 19.8 Å². The van der Waals surface area contributed by atoms with E-state index in [2.05, 4.69) is 10.6 Å². The van der Waals surface area contributed by atoms with Crippen molar-refractivity contribution >= 4 is 11.8 Å². The van der Waals surface area contributed by atoms with Crippen molar-refractivity contribution in [1.82, 2.24) is 10.6 Å². The molecule has 0 bridgehead atoms. The lowest BCUT2D eigenvalue weighted by atomic mass is 9.90. The number of hydrogen-bond donors (Lipinski definition) is 3. The van der Waals surface area contributed by atoms with Gasteiger partial charge < -0.3 is 21.1 Å². The molecule has 0 saturated carbocycles. The Labute approximate surface area is 136 Å². The molecule has 4 N–H and O–H groups in total. The van der Waals surface area contributed by atoms with E-state index in [9.17, 15) is 9.59 Å². The number of nitrogens with two attached hydrogens (primary N) is 1. The molecule has 0 spiro atoms. The molecular weight excluding hydrogens is 294 g/mol. The maximum absolute atomic E-state index is 12.3. The molecule has 0 radical (unpaired) electrons. The Balaban J connectivity index is 1.92. The number of benzene rings is 1. The predicted octanol–water partition coefficient (Wildman–Crippen LogP) is 0.951. The molecule has 1 heterocycles. The second kappa shape index (κ2) is 8.08. The van der Waals surface area contributed by atoms with E-state index in [1.807, 2.05) is 19.1 Å². The van der Waals surface area contributed by atoms with Gasteiger partial charge in [0.05, 0.1) is 5.54 Å². The van der Waals surface area contributed by atoms with Crippen molar-refractivity contribution in [3.63, 3.8) is 0 Å². The van der Waals surface area contributed by atoms with Crippen molar-refractivity contribution < 1.29 is 14.3 Å². The maximum Gasteiger partial charge on any atom is 0.251 e. The fourth-order valence-corrected chi connectivity index (χ4v) is 2.48. The summed E-state index contributed by atoms with van der Waals surface area (Å²) in [7, 11) is 0. The largest absolute Gasteiger partial charge is 0.381 e. The monoisotopic (exact) mass is 319 g/mol. The molecule has 1 aromatic rings. The number of hydrogen-bond acceptors (Lipinski definition) is 4. The summed E-state index contributed by atoms with van der Waals surface area (Å²) >= 11 is 0. The SMILES string of the molecule is CCCNC(=O)c1cccc(CNC(=O)C2(N)CCOCC2)c1. The van der Waals surface area contributed by atoms with Gasteiger partial charge in [-0.05, 0) is 37.0 Å². The van der Waals surface area contributed by atoms with Gasteiger partial charge in [-0.15, -0.1) is 0 Å². The second-order valence-corrected chi connectivity index (χ2v) is 5.91. The maximum atomic E-state index is 12.3. The second-order valence-electron chi connectivity index (χ2n) is 5.91. The molecular formula is C17H25N3O3. The quantitative estimate of drug-likeness (QED) is 0.728. The highest BCUT2D eigenvalue weighted by atomic mass is 16.5. The number of rotatable bonds is 6. The van der Waals surface area contributed by atoms with Crippen LogP contribution in [0.3, 0.4) is 0 Å². The number of nitrogens with one attached hydrogen (secondary N) is 2. The average molecular weight is 319 g/mol. The van der Waals surface area contributed by atoms with Crippen LogP contribution >= 0.6 is 0 Å². The first-order chi connectivity index (χ1) is 11.0. The first-order valence-electron chi connectivity index (χ1n) is 8.07. The van der Waals surface area contributed by atoms with E-state index in [-0.39, 0.29) is 11.8 Å². The zero-order valence-electron chi connectivity index (χ0n) is 13.6. The summed E-state index contributed by atoms with van der Waals surface area (Å²) in [6.07, 6.45) is 1.94. The van der Waals surface area contributed by atoms with Gasteiger partial charge in [-0.1, -0.05) is 19.1 Å². The Morgan fingerprint density at radius 1 is 1.26 bits per heavy atom. The van der Waals surface area contributed by atoms with Gasteiger partial charge in [-0.3, -0.25) is 9.59 Å². The Hall–Kier alpha value is -1.92. The molecule has 0 aromatic heterocycles. The zero-order chi connectivity index (χ0) is 16.7. The van der Waals surface area contributed by atoms with E-state index in [0.717, 1.165) is 12.0 Å². The molecule has 2 rings (SSSR count). The van der Waals surface area contributed by atoms with Crippen LogP contribution in [0.25, 0.3) is 0 Å². The number of ether oxygens (including phenoxy) is 1. The summed E-state index contributed by atoms with van der Waals surface area (Å²) < 4.78 is 5.25. The third kappa shape index (κ3) is 4.77. The van der Waals surface area contributed by atoms with Crippen molar-refractivity contribution in [3.8, 4) is 0 Å². The van der Waals surface area contributed by atoms with Gasteiger partial charge in [-0.25, -0.2) is 0 Å². The highest BCUT2D eigenvalue weighted by molar-refractivity contribution is 5.94. The Morgan fingerprint density at radius 3 is 2.70 bits per heavy atom. The minimum Gasteiger partial charge on any atom is -0.381 e. The highest BCUT2D eigenvalue weighted by Crippen LogP contribution is 2.18. The van der Waals surface area contributed by atoms with Crippen LogP contribution in [0.2, 0.25) is 0 Å². The number of carbonyl (C=O) groups excluding carboxylic acids is 2. The van der Waals surface area contributed by atoms with Gasteiger partial charge in [-0.2, -0.15) is 0 Å². The van der Waals surface area contributed by atoms with E-state index in [0.29, 0.717) is 44.7 Å². The lowest BCUT2D eigenvalue weighted by molar-refractivity contribution is -0.129. The van der Waals surface area contributed by atoms with Gasteiger partial charge in [0.2, 0.25) is 5.91 Å². The van der Waals surface area contributed by atoms with Crippen LogP contribution in [0.15, 0.2) is 24.3 Å². The highest BCUT2D eigenvalue weighted by Gasteiger charge is 2.35. The van der Waals surface area contributed by atoms with Gasteiger partial charge in [0.1, 0.15) is 0 Å². The molecule has 0 aliphatic carbocycles. The third-order valence-electron chi connectivity index (χ3n) is 4.02. The van der Waals surface area contributed by atoms with Crippen LogP contribution in [0.4, 0.5) is 0 Å². The minimum atomic E-state index is -0.853. The van der Waals surface area contributed by atoms with Crippen molar-refractivity contribution in [1.29, 1.82) is 0 Å². The standard InChI is InChI=1S/C17H25N3O3/c1-2-8-19-15(21)14-5-3-4-13(11-14)12-20-16(22)17(18)6-9-23-10-7-17/h3-5,11H,2,6-10,12,18H2,1H3,(H,19,21)(H,20,22). The van der Waals surface area contributed by atoms with Gasteiger partial charge >= 0.3 is 0 Å². The molecule has 6 nitrogen and oxygen atoms in total. The van der Waals surface area contributed by atoms with E-state index in [1.54, 1.807) is 12.1 Å². The molecule has 1 aromatic carbocycles. The Morgan fingerprint density at radius 2 is 2.00 bits per heavy atom. The summed E-state index contributed by atoms with van der Waals surface area (Å²) in [5.74, 6) is -0.263. The smallest absolute Gasteiger partial charge is 0.251 e. The number of amides is 2. The van der Waals surface area contributed by atoms with Crippen LogP contribution in [0.5, 0.6) is 0 Å². The number of carbonyl (C=O) groups is 2. The van der Waals surface area contributed by atoms with Gasteiger partial charge in [0, 0.05) is 31.9 Å². The molecule has 23 heavy (non-hydrogen) atoms. The van der Waals surface area contributed by atoms with Crippen LogP contribution in [0, 0.1) is 0 Å². The summed E-state index contributed by atoms with van der Waals surface area (Å²) in [6.45, 7) is 4.03. The Bertz CT molecular complexity index is 554. The third-order valence-corrected chi connectivity index (χ3v) is 4.02. The van der Waals surface area contributed by atoms with Crippen LogP contribution in [0.1, 0.15) is 42.1 Å². The molecule has 0 unspecified atom stereocenters. The summed E-state index contributed by atoms with van der Waals surface area (Å²) in [5.41, 5.74) is 6.76. The van der Waals surface area contributed by atoms with Crippen LogP contribution in [-0.4, -0.2) is 37.1 Å². The van der Waals surface area contributed by atoms with E-state index >= 15 is 0 Å². The zero-order valence-corrected chi connectivity index (χ0v) is 13.6. The molecule has 126 valence electrons. The molecule has 1 aliphatic rings. The molecule has 0 atom stereocenters. The van der Waals surface area contributed by atoms with Crippen molar-refractivity contribution in [3.05, 3.63) is 35.4 Å². The van der Waals surface area contributed by atoms with Crippen LogP contribution in [-0.2, 0) is 16.1 Å². The molecule has 1 aliphatic heterocycles. The first kappa shape index (κ1) is 17.4. The van der Waals surface area contributed by atoms with Gasteiger partial charge in [0.25, 0.3) is 5.91 Å². The summed E-state index contributed by atoms with van der Waals surface area (Å²) in [5, 5.41) is 5.71. The molecule has 2 amide bonds. The Kier molecular flexibility index (Phi) is 6.12. The van der Waals surface area contributed by atoms with Crippen LogP contribution < -0.4 is 16.4 Å². The lowest BCUT2D eigenvalue weighted by Gasteiger charge is -2.31. The average Bonchev–Trinajstić information content (AvgIpc) is 2.58. The van der Waals surface area contributed by atoms with Crippen molar-refractivity contribution in [2.45, 2.75) is 38.3 Å². The fraction of sp³-hybridized carbons (Fsp3) is 0.529. The fourth-order valence-electron chi connectivity index (χ4n) is 2.48. The van der Waals surface area contributed by atoms with E-state index in [4.69, 9.17) is 10.5 Å². The first-order valence-corrected chi connectivity index (χ1v) is 8.07. The molecule has 1 saturated heterocycles. The normalized spacial score (nSPS) is 16.6. The molecule has 1 fully saturated rings. The van der Waals surface area contributed by atoms with E-state index < -0.39 is 5.54 Å².